The third kappa shape index (κ3) is 5.97. The molecule has 1 N–H and O–H groups in total. The SMILES string of the molecule is CCNC(=NCC(C1CC1)C1CC1)N1CCN(CC(=O)N2CCCC2)CC1.I. The summed E-state index contributed by atoms with van der Waals surface area (Å²) in [7, 11) is 0. The highest BCUT2D eigenvalue weighted by Crippen LogP contribution is 2.49. The summed E-state index contributed by atoms with van der Waals surface area (Å²) >= 11 is 0. The molecule has 0 aromatic carbocycles. The van der Waals surface area contributed by atoms with Gasteiger partial charge in [-0.05, 0) is 63.2 Å². The van der Waals surface area contributed by atoms with Crippen molar-refractivity contribution in [1.29, 1.82) is 0 Å². The monoisotopic (exact) mass is 503 g/mol. The van der Waals surface area contributed by atoms with Crippen LogP contribution in [0.1, 0.15) is 45.4 Å². The van der Waals surface area contributed by atoms with E-state index in [0.29, 0.717) is 12.5 Å². The van der Waals surface area contributed by atoms with Crippen molar-refractivity contribution in [1.82, 2.24) is 20.0 Å². The van der Waals surface area contributed by atoms with E-state index in [0.717, 1.165) is 76.1 Å². The second kappa shape index (κ2) is 10.5. The van der Waals surface area contributed by atoms with Crippen molar-refractivity contribution in [3.63, 3.8) is 0 Å². The van der Waals surface area contributed by atoms with Crippen molar-refractivity contribution in [3.05, 3.63) is 0 Å². The fourth-order valence-electron chi connectivity index (χ4n) is 4.73. The number of carbonyl (C=O) groups excluding carboxylic acids is 1. The Morgan fingerprint density at radius 2 is 1.57 bits per heavy atom. The second-order valence-electron chi connectivity index (χ2n) is 8.88. The molecule has 0 radical (unpaired) electrons. The fraction of sp³-hybridized carbons (Fsp3) is 0.905. The first-order chi connectivity index (χ1) is 13.2. The molecule has 0 atom stereocenters. The minimum Gasteiger partial charge on any atom is -0.357 e. The van der Waals surface area contributed by atoms with Gasteiger partial charge < -0.3 is 15.1 Å². The first kappa shape index (κ1) is 22.1. The fourth-order valence-corrected chi connectivity index (χ4v) is 4.73. The summed E-state index contributed by atoms with van der Waals surface area (Å²) in [6.45, 7) is 10.4. The van der Waals surface area contributed by atoms with E-state index in [4.69, 9.17) is 4.99 Å². The van der Waals surface area contributed by atoms with E-state index in [1.54, 1.807) is 0 Å². The largest absolute Gasteiger partial charge is 0.357 e. The Hall–Kier alpha value is -0.570. The van der Waals surface area contributed by atoms with Crippen molar-refractivity contribution >= 4 is 35.8 Å². The normalized spacial score (nSPS) is 23.9. The highest BCUT2D eigenvalue weighted by Gasteiger charge is 2.41. The molecule has 4 rings (SSSR count). The quantitative estimate of drug-likeness (QED) is 0.329. The Bertz CT molecular complexity index is 523. The van der Waals surface area contributed by atoms with Crippen LogP contribution in [0.25, 0.3) is 0 Å². The van der Waals surface area contributed by atoms with Crippen molar-refractivity contribution in [2.24, 2.45) is 22.7 Å². The molecule has 1 amide bonds. The van der Waals surface area contributed by atoms with Gasteiger partial charge in [-0.25, -0.2) is 0 Å². The number of piperazine rings is 1. The number of likely N-dealkylation sites (tertiary alicyclic amines) is 1. The molecule has 2 aliphatic heterocycles. The number of rotatable bonds is 7. The number of carbonyl (C=O) groups is 1. The predicted molar refractivity (Wildman–Crippen MR) is 124 cm³/mol. The summed E-state index contributed by atoms with van der Waals surface area (Å²) in [5, 5.41) is 3.51. The minimum absolute atomic E-state index is 0. The smallest absolute Gasteiger partial charge is 0.236 e. The maximum Gasteiger partial charge on any atom is 0.236 e. The van der Waals surface area contributed by atoms with E-state index in [1.807, 2.05) is 4.90 Å². The maximum absolute atomic E-state index is 12.4. The number of aliphatic imine (C=N–C) groups is 1. The summed E-state index contributed by atoms with van der Waals surface area (Å²) in [6, 6.07) is 0. The van der Waals surface area contributed by atoms with E-state index in [-0.39, 0.29) is 24.0 Å². The molecule has 4 aliphatic rings. The molecule has 7 heteroatoms. The molecule has 4 fully saturated rings. The van der Waals surface area contributed by atoms with Crippen LogP contribution in [0.4, 0.5) is 0 Å². The number of hydrogen-bond acceptors (Lipinski definition) is 3. The van der Waals surface area contributed by atoms with Crippen LogP contribution >= 0.6 is 24.0 Å². The van der Waals surface area contributed by atoms with Crippen molar-refractivity contribution in [3.8, 4) is 0 Å². The number of nitrogens with one attached hydrogen (secondary N) is 1. The van der Waals surface area contributed by atoms with Gasteiger partial charge in [-0.1, -0.05) is 0 Å². The van der Waals surface area contributed by atoms with Crippen molar-refractivity contribution in [2.45, 2.75) is 45.4 Å². The van der Waals surface area contributed by atoms with E-state index < -0.39 is 0 Å². The molecular formula is C21H38IN5O. The zero-order valence-corrected chi connectivity index (χ0v) is 19.8. The molecule has 2 saturated carbocycles. The first-order valence-electron chi connectivity index (χ1n) is 11.3. The lowest BCUT2D eigenvalue weighted by Crippen LogP contribution is -2.54. The van der Waals surface area contributed by atoms with E-state index in [2.05, 4.69) is 22.0 Å². The highest BCUT2D eigenvalue weighted by atomic mass is 127. The van der Waals surface area contributed by atoms with Gasteiger partial charge in [0.25, 0.3) is 0 Å². The van der Waals surface area contributed by atoms with Gasteiger partial charge in [-0.3, -0.25) is 14.7 Å². The van der Waals surface area contributed by atoms with E-state index >= 15 is 0 Å². The Morgan fingerprint density at radius 1 is 0.964 bits per heavy atom. The van der Waals surface area contributed by atoms with Crippen LogP contribution in [0.3, 0.4) is 0 Å². The molecule has 2 heterocycles. The van der Waals surface area contributed by atoms with Gasteiger partial charge in [0.1, 0.15) is 0 Å². The lowest BCUT2D eigenvalue weighted by atomic mass is 9.98. The summed E-state index contributed by atoms with van der Waals surface area (Å²) in [4.78, 5) is 24.2. The molecule has 2 saturated heterocycles. The van der Waals surface area contributed by atoms with Gasteiger partial charge in [-0.15, -0.1) is 24.0 Å². The molecule has 0 aromatic heterocycles. The zero-order valence-electron chi connectivity index (χ0n) is 17.4. The van der Waals surface area contributed by atoms with Gasteiger partial charge in [0, 0.05) is 52.4 Å². The minimum atomic E-state index is 0. The average molecular weight is 503 g/mol. The lowest BCUT2D eigenvalue weighted by Gasteiger charge is -2.36. The molecule has 0 aromatic rings. The van der Waals surface area contributed by atoms with Crippen LogP contribution in [0.2, 0.25) is 0 Å². The van der Waals surface area contributed by atoms with Crippen LogP contribution in [-0.2, 0) is 4.79 Å². The molecule has 0 unspecified atom stereocenters. The predicted octanol–water partition coefficient (Wildman–Crippen LogP) is 2.25. The van der Waals surface area contributed by atoms with E-state index in [1.165, 1.54) is 38.5 Å². The van der Waals surface area contributed by atoms with Crippen LogP contribution in [0.15, 0.2) is 4.99 Å². The summed E-state index contributed by atoms with van der Waals surface area (Å²) in [5.41, 5.74) is 0. The van der Waals surface area contributed by atoms with Gasteiger partial charge in [0.05, 0.1) is 6.54 Å². The molecule has 28 heavy (non-hydrogen) atoms. The molecule has 2 aliphatic carbocycles. The molecular weight excluding hydrogens is 465 g/mol. The first-order valence-corrected chi connectivity index (χ1v) is 11.3. The second-order valence-corrected chi connectivity index (χ2v) is 8.88. The summed E-state index contributed by atoms with van der Waals surface area (Å²) in [6.07, 6.45) is 8.05. The zero-order chi connectivity index (χ0) is 18.6. The van der Waals surface area contributed by atoms with Gasteiger partial charge >= 0.3 is 0 Å². The number of hydrogen-bond donors (Lipinski definition) is 1. The average Bonchev–Trinajstić information content (AvgIpc) is 3.62. The molecule has 6 nitrogen and oxygen atoms in total. The Kier molecular flexibility index (Phi) is 8.26. The van der Waals surface area contributed by atoms with Crippen LogP contribution in [-0.4, -0.2) is 85.5 Å². The van der Waals surface area contributed by atoms with E-state index in [9.17, 15) is 4.79 Å². The Balaban J connectivity index is 0.00000225. The third-order valence-corrected chi connectivity index (χ3v) is 6.73. The van der Waals surface area contributed by atoms with Gasteiger partial charge in [0.2, 0.25) is 5.91 Å². The Morgan fingerprint density at radius 3 is 2.11 bits per heavy atom. The summed E-state index contributed by atoms with van der Waals surface area (Å²) in [5.74, 6) is 4.15. The standard InChI is InChI=1S/C21H37N5O.HI/c1-2-22-21(23-15-19(17-5-6-17)18-7-8-18)26-13-11-24(12-14-26)16-20(27)25-9-3-4-10-25;/h17-19H,2-16H2,1H3,(H,22,23);1H. The molecule has 0 bridgehead atoms. The lowest BCUT2D eigenvalue weighted by molar-refractivity contribution is -0.131. The molecule has 160 valence electrons. The Labute approximate surface area is 187 Å². The van der Waals surface area contributed by atoms with Crippen molar-refractivity contribution in [2.75, 3.05) is 58.9 Å². The van der Waals surface area contributed by atoms with Crippen molar-refractivity contribution < 1.29 is 4.79 Å². The molecule has 0 spiro atoms. The summed E-state index contributed by atoms with van der Waals surface area (Å²) < 4.78 is 0. The van der Waals surface area contributed by atoms with Crippen LogP contribution in [0, 0.1) is 17.8 Å². The van der Waals surface area contributed by atoms with Gasteiger partial charge in [-0.2, -0.15) is 0 Å². The number of nitrogens with zero attached hydrogens (tertiary/aromatic N) is 4. The third-order valence-electron chi connectivity index (χ3n) is 6.73. The topological polar surface area (TPSA) is 51.2 Å². The number of guanidine groups is 1. The van der Waals surface area contributed by atoms with Crippen LogP contribution in [0.5, 0.6) is 0 Å². The maximum atomic E-state index is 12.4. The number of halogens is 1. The number of amides is 1. The highest BCUT2D eigenvalue weighted by molar-refractivity contribution is 14.0. The van der Waals surface area contributed by atoms with Crippen LogP contribution < -0.4 is 5.32 Å². The van der Waals surface area contributed by atoms with Gasteiger partial charge in [0.15, 0.2) is 5.96 Å².